The molecule has 0 aliphatic carbocycles. The van der Waals surface area contributed by atoms with Gasteiger partial charge in [0, 0.05) is 24.1 Å². The van der Waals surface area contributed by atoms with Gasteiger partial charge in [-0.2, -0.15) is 0 Å². The lowest BCUT2D eigenvalue weighted by Gasteiger charge is -2.32. The van der Waals surface area contributed by atoms with Crippen LogP contribution in [0.4, 0.5) is 14.5 Å². The smallest absolute Gasteiger partial charge is 0.344 e. The number of carbonyl (C=O) groups is 2. The molecule has 0 heterocycles. The van der Waals surface area contributed by atoms with Crippen LogP contribution in [0.2, 0.25) is 13.1 Å². The van der Waals surface area contributed by atoms with Crippen LogP contribution in [-0.4, -0.2) is 37.8 Å². The van der Waals surface area contributed by atoms with E-state index in [0.717, 1.165) is 12.3 Å². The summed E-state index contributed by atoms with van der Waals surface area (Å²) in [6.07, 6.45) is 0.885. The molecule has 28 heavy (non-hydrogen) atoms. The highest BCUT2D eigenvalue weighted by Crippen LogP contribution is 2.33. The third-order valence-electron chi connectivity index (χ3n) is 4.28. The lowest BCUT2D eigenvalue weighted by molar-refractivity contribution is -0.140. The van der Waals surface area contributed by atoms with E-state index in [0.29, 0.717) is 6.61 Å². The van der Waals surface area contributed by atoms with Crippen LogP contribution in [0.3, 0.4) is 0 Å². The van der Waals surface area contributed by atoms with Crippen LogP contribution >= 0.6 is 0 Å². The van der Waals surface area contributed by atoms with E-state index in [2.05, 4.69) is 5.32 Å². The summed E-state index contributed by atoms with van der Waals surface area (Å²) in [6, 6.07) is 2.15. The van der Waals surface area contributed by atoms with E-state index in [-0.39, 0.29) is 29.0 Å². The molecule has 1 radical (unpaired) electrons. The summed E-state index contributed by atoms with van der Waals surface area (Å²) in [5, 5.41) is 20.4. The first kappa shape index (κ1) is 23.8. The number of aliphatic carboxylic acids is 2. The number of hydrogen-bond donors (Lipinski definition) is 3. The van der Waals surface area contributed by atoms with E-state index in [4.69, 9.17) is 14.6 Å². The largest absolute Gasteiger partial charge is 0.477 e. The van der Waals surface area contributed by atoms with Gasteiger partial charge in [-0.25, -0.2) is 18.4 Å². The van der Waals surface area contributed by atoms with Gasteiger partial charge in [-0.15, -0.1) is 0 Å². The van der Waals surface area contributed by atoms with Crippen molar-refractivity contribution in [3.05, 3.63) is 41.1 Å². The lowest BCUT2D eigenvalue weighted by atomic mass is 9.77. The monoisotopic (exact) mass is 414 g/mol. The van der Waals surface area contributed by atoms with Crippen LogP contribution in [-0.2, 0) is 20.4 Å². The summed E-state index contributed by atoms with van der Waals surface area (Å²) in [6.45, 7) is 10.2. The van der Waals surface area contributed by atoms with Crippen LogP contribution < -0.4 is 5.32 Å². The third kappa shape index (κ3) is 6.72. The van der Waals surface area contributed by atoms with Gasteiger partial charge in [-0.3, -0.25) is 0 Å². The van der Waals surface area contributed by atoms with Gasteiger partial charge in [0.05, 0.1) is 0 Å². The van der Waals surface area contributed by atoms with E-state index in [1.807, 2.05) is 33.9 Å². The maximum Gasteiger partial charge on any atom is 0.344 e. The number of benzene rings is 1. The highest BCUT2D eigenvalue weighted by molar-refractivity contribution is 6.48. The Morgan fingerprint density at radius 2 is 1.79 bits per heavy atom. The Bertz CT molecular complexity index is 743. The second kappa shape index (κ2) is 9.79. The summed E-state index contributed by atoms with van der Waals surface area (Å²) in [5.74, 6) is -5.54. The molecule has 3 N–H and O–H groups in total. The number of hydrogen-bond acceptors (Lipinski definition) is 4. The topological polar surface area (TPSA) is 95.9 Å². The van der Waals surface area contributed by atoms with Crippen LogP contribution in [0.5, 0.6) is 0 Å². The minimum atomic E-state index is -1.65. The zero-order valence-corrected chi connectivity index (χ0v) is 17.6. The fraction of sp³-hybridized carbons (Fsp3) is 0.474. The van der Waals surface area contributed by atoms with Crippen LogP contribution in [0.15, 0.2) is 23.9 Å². The molecule has 0 aromatic heterocycles. The van der Waals surface area contributed by atoms with Crippen molar-refractivity contribution in [2.24, 2.45) is 11.3 Å². The lowest BCUT2D eigenvalue weighted by Crippen LogP contribution is -2.30. The van der Waals surface area contributed by atoms with Crippen molar-refractivity contribution in [3.8, 4) is 0 Å². The molecule has 0 bridgehead atoms. The van der Waals surface area contributed by atoms with Gasteiger partial charge < -0.3 is 20.0 Å². The van der Waals surface area contributed by atoms with Gasteiger partial charge >= 0.3 is 11.9 Å². The molecule has 1 rings (SSSR count). The summed E-state index contributed by atoms with van der Waals surface area (Å²) in [7, 11) is -0.972. The standard InChI is InChI=1S/C19H26F2NO5Si/c1-19(2,3)11(10-27-28(4)5)8-12-15(7-6-14(20)16(12)21)22-9-13(17(23)24)18(25)26/h6-7,9,11,22H,8,10H2,1-5H3,(H,23,24)(H,25,26). The second-order valence-corrected chi connectivity index (χ2v) is 9.79. The highest BCUT2D eigenvalue weighted by atomic mass is 28.3. The molecular formula is C19H26F2NO5Si. The number of anilines is 1. The maximum atomic E-state index is 14.5. The Balaban J connectivity index is 3.29. The molecule has 9 heteroatoms. The zero-order valence-electron chi connectivity index (χ0n) is 16.6. The molecular weight excluding hydrogens is 388 g/mol. The molecule has 0 amide bonds. The maximum absolute atomic E-state index is 14.5. The van der Waals surface area contributed by atoms with Gasteiger partial charge in [0.1, 0.15) is 0 Å². The molecule has 0 aliphatic rings. The number of carboxylic acid groups (broad SMARTS) is 2. The molecule has 6 nitrogen and oxygen atoms in total. The molecule has 0 spiro atoms. The first-order chi connectivity index (χ1) is 12.8. The van der Waals surface area contributed by atoms with Gasteiger partial charge in [-0.1, -0.05) is 20.8 Å². The average molecular weight is 415 g/mol. The van der Waals surface area contributed by atoms with Gasteiger partial charge in [-0.05, 0) is 43.0 Å². The molecule has 1 atom stereocenters. The first-order valence-electron chi connectivity index (χ1n) is 8.67. The SMILES string of the molecule is C[Si](C)OCC(Cc1c(NC=C(C(=O)O)C(=O)O)ccc(F)c1F)C(C)(C)C. The van der Waals surface area contributed by atoms with Crippen molar-refractivity contribution in [2.75, 3.05) is 11.9 Å². The first-order valence-corrected chi connectivity index (χ1v) is 11.1. The minimum absolute atomic E-state index is 0.0101. The van der Waals surface area contributed by atoms with Crippen LogP contribution in [0, 0.1) is 23.0 Å². The van der Waals surface area contributed by atoms with Crippen LogP contribution in [0.1, 0.15) is 26.3 Å². The molecule has 1 aromatic carbocycles. The summed E-state index contributed by atoms with van der Waals surface area (Å²) >= 11 is 0. The third-order valence-corrected chi connectivity index (χ3v) is 5.02. The van der Waals surface area contributed by atoms with Crippen molar-refractivity contribution in [2.45, 2.75) is 40.3 Å². The number of carboxylic acids is 2. The van der Waals surface area contributed by atoms with Crippen molar-refractivity contribution in [3.63, 3.8) is 0 Å². The Morgan fingerprint density at radius 3 is 2.25 bits per heavy atom. The van der Waals surface area contributed by atoms with Crippen molar-refractivity contribution in [1.29, 1.82) is 0 Å². The second-order valence-electron chi connectivity index (χ2n) is 7.69. The summed E-state index contributed by atoms with van der Waals surface area (Å²) in [5.41, 5.74) is -1.07. The van der Waals surface area contributed by atoms with E-state index in [1.165, 1.54) is 6.07 Å². The molecule has 1 unspecified atom stereocenters. The van der Waals surface area contributed by atoms with Crippen molar-refractivity contribution in [1.82, 2.24) is 0 Å². The van der Waals surface area contributed by atoms with Gasteiger partial charge in [0.25, 0.3) is 0 Å². The Hall–Kier alpha value is -2.26. The number of nitrogens with one attached hydrogen (secondary N) is 1. The van der Waals surface area contributed by atoms with Crippen molar-refractivity contribution >= 4 is 26.7 Å². The number of halogens is 2. The van der Waals surface area contributed by atoms with E-state index in [1.54, 1.807) is 0 Å². The van der Waals surface area contributed by atoms with Gasteiger partial charge in [0.15, 0.2) is 17.2 Å². The van der Waals surface area contributed by atoms with Crippen molar-refractivity contribution < 1.29 is 33.0 Å². The molecule has 155 valence electrons. The molecule has 0 saturated carbocycles. The van der Waals surface area contributed by atoms with E-state index < -0.39 is 38.2 Å². The molecule has 0 saturated heterocycles. The Morgan fingerprint density at radius 1 is 1.21 bits per heavy atom. The highest BCUT2D eigenvalue weighted by Gasteiger charge is 2.28. The molecule has 1 aromatic rings. The predicted molar refractivity (Wildman–Crippen MR) is 103 cm³/mol. The van der Waals surface area contributed by atoms with Crippen LogP contribution in [0.25, 0.3) is 0 Å². The fourth-order valence-electron chi connectivity index (χ4n) is 2.42. The van der Waals surface area contributed by atoms with E-state index >= 15 is 0 Å². The number of rotatable bonds is 9. The summed E-state index contributed by atoms with van der Waals surface area (Å²) < 4.78 is 34.2. The average Bonchev–Trinajstić information content (AvgIpc) is 2.54. The normalized spacial score (nSPS) is 12.6. The zero-order chi connectivity index (χ0) is 21.6. The van der Waals surface area contributed by atoms with E-state index in [9.17, 15) is 18.4 Å². The Kier molecular flexibility index (Phi) is 8.31. The summed E-state index contributed by atoms with van der Waals surface area (Å²) in [4.78, 5) is 22.0. The molecule has 0 fully saturated rings. The minimum Gasteiger partial charge on any atom is -0.477 e. The quantitative estimate of drug-likeness (QED) is 0.245. The fourth-order valence-corrected chi connectivity index (χ4v) is 2.96. The molecule has 0 aliphatic heterocycles. The predicted octanol–water partition coefficient (Wildman–Crippen LogP) is 3.90. The van der Waals surface area contributed by atoms with Gasteiger partial charge in [0.2, 0.25) is 9.04 Å². The Labute approximate surface area is 164 Å².